The normalized spacial score (nSPS) is 15.5. The predicted octanol–water partition coefficient (Wildman–Crippen LogP) is 3.66. The molecule has 146 valence electrons. The molecule has 0 aliphatic heterocycles. The van der Waals surface area contributed by atoms with Crippen molar-refractivity contribution in [2.45, 2.75) is 64.3 Å². The third-order valence-electron chi connectivity index (χ3n) is 5.34. The minimum atomic E-state index is -0.180. The molecule has 2 heterocycles. The Labute approximate surface area is 161 Å². The zero-order valence-electron chi connectivity index (χ0n) is 16.4. The van der Waals surface area contributed by atoms with Crippen LogP contribution in [0.5, 0.6) is 0 Å². The van der Waals surface area contributed by atoms with Crippen molar-refractivity contribution in [3.8, 4) is 0 Å². The highest BCUT2D eigenvalue weighted by atomic mass is 16.2. The van der Waals surface area contributed by atoms with Crippen molar-refractivity contribution in [3.63, 3.8) is 0 Å². The molecule has 2 aromatic rings. The lowest BCUT2D eigenvalue weighted by atomic mass is 10.1. The van der Waals surface area contributed by atoms with E-state index in [0.29, 0.717) is 23.6 Å². The highest BCUT2D eigenvalue weighted by Gasteiger charge is 2.25. The zero-order chi connectivity index (χ0) is 19.2. The standard InChI is InChI=1S/C21H30N4O2/c1-3-4-14-24(2)21(27)19-23-18(17-13-9-10-15-25(17)19)20(26)22-16-11-7-5-6-8-12-16/h9-10,13,15-16H,3-8,11-12,14H2,1-2H3,(H,22,26). The first-order valence-electron chi connectivity index (χ1n) is 10.1. The summed E-state index contributed by atoms with van der Waals surface area (Å²) in [5, 5.41) is 3.14. The fourth-order valence-electron chi connectivity index (χ4n) is 3.70. The first-order valence-corrected chi connectivity index (χ1v) is 10.1. The van der Waals surface area contributed by atoms with Crippen molar-refractivity contribution in [1.29, 1.82) is 0 Å². The zero-order valence-corrected chi connectivity index (χ0v) is 16.4. The number of amides is 2. The minimum Gasteiger partial charge on any atom is -0.348 e. The van der Waals surface area contributed by atoms with E-state index >= 15 is 0 Å². The van der Waals surface area contributed by atoms with E-state index in [2.05, 4.69) is 17.2 Å². The number of rotatable bonds is 6. The van der Waals surface area contributed by atoms with Gasteiger partial charge in [-0.25, -0.2) is 4.98 Å². The Bertz CT molecular complexity index is 791. The second kappa shape index (κ2) is 9.02. The number of carbonyl (C=O) groups is 2. The van der Waals surface area contributed by atoms with Gasteiger partial charge in [-0.2, -0.15) is 0 Å². The summed E-state index contributed by atoms with van der Waals surface area (Å²) < 4.78 is 1.73. The first-order chi connectivity index (χ1) is 13.1. The second-order valence-corrected chi connectivity index (χ2v) is 7.48. The number of imidazole rings is 1. The quantitative estimate of drug-likeness (QED) is 0.789. The number of nitrogens with zero attached hydrogens (tertiary/aromatic N) is 3. The van der Waals surface area contributed by atoms with Crippen LogP contribution in [0.1, 0.15) is 79.4 Å². The summed E-state index contributed by atoms with van der Waals surface area (Å²) in [6.07, 6.45) is 10.6. The molecule has 0 unspecified atom stereocenters. The molecule has 3 rings (SSSR count). The molecular formula is C21H30N4O2. The maximum absolute atomic E-state index is 12.9. The van der Waals surface area contributed by atoms with Crippen LogP contribution in [0.3, 0.4) is 0 Å². The Morgan fingerprint density at radius 2 is 1.96 bits per heavy atom. The lowest BCUT2D eigenvalue weighted by Crippen LogP contribution is -2.34. The van der Waals surface area contributed by atoms with E-state index in [9.17, 15) is 9.59 Å². The monoisotopic (exact) mass is 370 g/mol. The predicted molar refractivity (Wildman–Crippen MR) is 106 cm³/mol. The van der Waals surface area contributed by atoms with Gasteiger partial charge in [0.05, 0.1) is 5.52 Å². The highest BCUT2D eigenvalue weighted by Crippen LogP contribution is 2.19. The lowest BCUT2D eigenvalue weighted by molar-refractivity contribution is 0.0780. The van der Waals surface area contributed by atoms with Crippen LogP contribution in [0.25, 0.3) is 5.52 Å². The van der Waals surface area contributed by atoms with Crippen LogP contribution in [0.15, 0.2) is 24.4 Å². The molecule has 1 aliphatic carbocycles. The van der Waals surface area contributed by atoms with E-state index in [1.165, 1.54) is 12.8 Å². The van der Waals surface area contributed by atoms with Gasteiger partial charge in [0.1, 0.15) is 0 Å². The van der Waals surface area contributed by atoms with Crippen LogP contribution in [0.4, 0.5) is 0 Å². The van der Waals surface area contributed by atoms with Crippen LogP contribution in [0.2, 0.25) is 0 Å². The summed E-state index contributed by atoms with van der Waals surface area (Å²) in [7, 11) is 1.78. The first kappa shape index (κ1) is 19.4. The van der Waals surface area contributed by atoms with Gasteiger partial charge in [-0.3, -0.25) is 14.0 Å². The Morgan fingerprint density at radius 3 is 2.67 bits per heavy atom. The van der Waals surface area contributed by atoms with E-state index < -0.39 is 0 Å². The number of carbonyl (C=O) groups excluding carboxylic acids is 2. The molecule has 1 saturated carbocycles. The summed E-state index contributed by atoms with van der Waals surface area (Å²) in [6, 6.07) is 5.77. The molecule has 0 radical (unpaired) electrons. The van der Waals surface area contributed by atoms with Crippen molar-refractivity contribution in [2.75, 3.05) is 13.6 Å². The molecule has 0 atom stereocenters. The van der Waals surface area contributed by atoms with E-state index in [-0.39, 0.29) is 17.9 Å². The molecule has 6 heteroatoms. The fourth-order valence-corrected chi connectivity index (χ4v) is 3.70. The Hall–Kier alpha value is -2.37. The smallest absolute Gasteiger partial charge is 0.289 e. The third-order valence-corrected chi connectivity index (χ3v) is 5.34. The minimum absolute atomic E-state index is 0.154. The number of nitrogens with one attached hydrogen (secondary N) is 1. The molecule has 0 bridgehead atoms. The number of hydrogen-bond acceptors (Lipinski definition) is 3. The molecule has 1 fully saturated rings. The van der Waals surface area contributed by atoms with E-state index in [0.717, 1.165) is 38.5 Å². The van der Waals surface area contributed by atoms with Crippen molar-refractivity contribution in [2.24, 2.45) is 0 Å². The molecule has 1 N–H and O–H groups in total. The average Bonchev–Trinajstić information content (AvgIpc) is 2.88. The van der Waals surface area contributed by atoms with Gasteiger partial charge in [-0.1, -0.05) is 45.1 Å². The van der Waals surface area contributed by atoms with Crippen LogP contribution < -0.4 is 5.32 Å². The van der Waals surface area contributed by atoms with Gasteiger partial charge in [0, 0.05) is 25.8 Å². The van der Waals surface area contributed by atoms with Crippen LogP contribution in [-0.4, -0.2) is 45.7 Å². The van der Waals surface area contributed by atoms with Crippen molar-refractivity contribution in [3.05, 3.63) is 35.9 Å². The van der Waals surface area contributed by atoms with Crippen molar-refractivity contribution >= 4 is 17.3 Å². The Balaban J connectivity index is 1.85. The molecule has 0 spiro atoms. The van der Waals surface area contributed by atoms with Crippen LogP contribution in [-0.2, 0) is 0 Å². The van der Waals surface area contributed by atoms with Crippen molar-refractivity contribution in [1.82, 2.24) is 19.6 Å². The van der Waals surface area contributed by atoms with Crippen molar-refractivity contribution < 1.29 is 9.59 Å². The summed E-state index contributed by atoms with van der Waals surface area (Å²) in [6.45, 7) is 2.78. The molecule has 6 nitrogen and oxygen atoms in total. The number of unbranched alkanes of at least 4 members (excludes halogenated alkanes) is 1. The molecule has 2 aromatic heterocycles. The van der Waals surface area contributed by atoms with Gasteiger partial charge in [-0.15, -0.1) is 0 Å². The maximum Gasteiger partial charge on any atom is 0.289 e. The van der Waals surface area contributed by atoms with Gasteiger partial charge in [0.25, 0.3) is 11.8 Å². The largest absolute Gasteiger partial charge is 0.348 e. The van der Waals surface area contributed by atoms with Gasteiger partial charge >= 0.3 is 0 Å². The van der Waals surface area contributed by atoms with E-state index in [4.69, 9.17) is 0 Å². The number of fused-ring (bicyclic) bond motifs is 1. The Kier molecular flexibility index (Phi) is 6.48. The van der Waals surface area contributed by atoms with E-state index in [1.807, 2.05) is 18.2 Å². The van der Waals surface area contributed by atoms with Gasteiger partial charge < -0.3 is 10.2 Å². The van der Waals surface area contributed by atoms with Crippen LogP contribution >= 0.6 is 0 Å². The van der Waals surface area contributed by atoms with Crippen LogP contribution in [0, 0.1) is 0 Å². The number of aromatic nitrogens is 2. The number of pyridine rings is 1. The highest BCUT2D eigenvalue weighted by molar-refractivity contribution is 6.02. The molecule has 0 aromatic carbocycles. The number of hydrogen-bond donors (Lipinski definition) is 1. The Morgan fingerprint density at radius 1 is 1.22 bits per heavy atom. The second-order valence-electron chi connectivity index (χ2n) is 7.48. The summed E-state index contributed by atoms with van der Waals surface area (Å²) in [4.78, 5) is 31.9. The van der Waals surface area contributed by atoms with Gasteiger partial charge in [0.2, 0.25) is 5.82 Å². The fraction of sp³-hybridized carbons (Fsp3) is 0.571. The third kappa shape index (κ3) is 4.49. The van der Waals surface area contributed by atoms with Gasteiger partial charge in [-0.05, 0) is 31.4 Å². The molecule has 2 amide bonds. The average molecular weight is 370 g/mol. The summed E-state index contributed by atoms with van der Waals surface area (Å²) >= 11 is 0. The molecule has 27 heavy (non-hydrogen) atoms. The SMILES string of the molecule is CCCCN(C)C(=O)c1nc(C(=O)NC2CCCCCC2)c2ccccn12. The van der Waals surface area contributed by atoms with Gasteiger partial charge in [0.15, 0.2) is 5.69 Å². The topological polar surface area (TPSA) is 66.7 Å². The molecule has 1 aliphatic rings. The molecular weight excluding hydrogens is 340 g/mol. The molecule has 0 saturated heterocycles. The van der Waals surface area contributed by atoms with E-state index in [1.54, 1.807) is 22.5 Å². The lowest BCUT2D eigenvalue weighted by Gasteiger charge is -2.15. The summed E-state index contributed by atoms with van der Waals surface area (Å²) in [5.41, 5.74) is 1.02. The summed E-state index contributed by atoms with van der Waals surface area (Å²) in [5.74, 6) is -0.0331. The maximum atomic E-state index is 12.9.